The van der Waals surface area contributed by atoms with Gasteiger partial charge in [-0.2, -0.15) is 0 Å². The van der Waals surface area contributed by atoms with E-state index in [9.17, 15) is 0 Å². The third kappa shape index (κ3) is 3.31. The number of aromatic nitrogens is 6. The van der Waals surface area contributed by atoms with Gasteiger partial charge in [0.15, 0.2) is 11.5 Å². The maximum atomic E-state index is 5.43. The summed E-state index contributed by atoms with van der Waals surface area (Å²) in [4.78, 5) is 0. The van der Waals surface area contributed by atoms with E-state index in [1.165, 1.54) is 0 Å². The number of fused-ring (bicyclic) bond motifs is 5. The fourth-order valence-corrected chi connectivity index (χ4v) is 5.77. The van der Waals surface area contributed by atoms with Gasteiger partial charge >= 0.3 is 0 Å². The monoisotopic (exact) mass is 510 g/mol. The second kappa shape index (κ2) is 8.39. The summed E-state index contributed by atoms with van der Waals surface area (Å²) in [6.45, 7) is 2.25. The minimum atomic E-state index is 0.440. The van der Waals surface area contributed by atoms with Crippen molar-refractivity contribution in [3.05, 3.63) is 97.4 Å². The molecule has 0 fully saturated rings. The van der Waals surface area contributed by atoms with E-state index < -0.39 is 0 Å². The Morgan fingerprint density at radius 2 is 1.36 bits per heavy atom. The van der Waals surface area contributed by atoms with Crippen LogP contribution in [0.2, 0.25) is 0 Å². The van der Waals surface area contributed by atoms with Gasteiger partial charge in [-0.3, -0.25) is 0 Å². The smallest absolute Gasteiger partial charge is 0.187 e. The molecule has 0 spiro atoms. The van der Waals surface area contributed by atoms with E-state index in [2.05, 4.69) is 116 Å². The Kier molecular flexibility index (Phi) is 4.69. The van der Waals surface area contributed by atoms with E-state index >= 15 is 0 Å². The maximum absolute atomic E-state index is 5.43. The van der Waals surface area contributed by atoms with Crippen molar-refractivity contribution in [3.8, 4) is 28.3 Å². The molecule has 39 heavy (non-hydrogen) atoms. The second-order valence-corrected chi connectivity index (χ2v) is 9.94. The van der Waals surface area contributed by atoms with Crippen molar-refractivity contribution in [2.75, 3.05) is 0 Å². The average molecular weight is 511 g/mol. The SMILES string of the molecule is CC1C=C(n2c3ccc(-c4cnno4)cc3c3c2c2cc(-c4cnno4)ccc2n3-c2ccccc2)C=CC1. The molecule has 8 nitrogen and oxygen atoms in total. The minimum absolute atomic E-state index is 0.440. The molecule has 0 saturated heterocycles. The van der Waals surface area contributed by atoms with Crippen molar-refractivity contribution in [2.24, 2.45) is 5.92 Å². The highest BCUT2D eigenvalue weighted by atomic mass is 16.5. The van der Waals surface area contributed by atoms with Gasteiger partial charge in [-0.05, 0) is 66.9 Å². The Balaban J connectivity index is 1.57. The lowest BCUT2D eigenvalue weighted by Crippen LogP contribution is -2.01. The van der Waals surface area contributed by atoms with Crippen LogP contribution in [0.3, 0.4) is 0 Å². The molecule has 0 bridgehead atoms. The third-order valence-corrected chi connectivity index (χ3v) is 7.47. The first-order chi connectivity index (χ1) is 19.3. The predicted octanol–water partition coefficient (Wildman–Crippen LogP) is 7.28. The molecule has 8 heteroatoms. The van der Waals surface area contributed by atoms with E-state index in [-0.39, 0.29) is 0 Å². The third-order valence-electron chi connectivity index (χ3n) is 7.47. The number of para-hydroxylation sites is 1. The lowest BCUT2D eigenvalue weighted by Gasteiger charge is -2.16. The van der Waals surface area contributed by atoms with Gasteiger partial charge in [-0.1, -0.05) is 37.3 Å². The van der Waals surface area contributed by atoms with Gasteiger partial charge in [0.25, 0.3) is 0 Å². The zero-order valence-electron chi connectivity index (χ0n) is 21.0. The molecular formula is C31H22N6O2. The number of benzene rings is 3. The molecule has 0 aliphatic heterocycles. The second-order valence-electron chi connectivity index (χ2n) is 9.94. The minimum Gasteiger partial charge on any atom is -0.337 e. The van der Waals surface area contributed by atoms with Crippen molar-refractivity contribution in [3.63, 3.8) is 0 Å². The van der Waals surface area contributed by atoms with Gasteiger partial charge in [0.2, 0.25) is 0 Å². The topological polar surface area (TPSA) is 87.7 Å². The molecule has 1 unspecified atom stereocenters. The number of hydrogen-bond acceptors (Lipinski definition) is 6. The first-order valence-corrected chi connectivity index (χ1v) is 12.9. The van der Waals surface area contributed by atoms with Crippen LogP contribution in [-0.4, -0.2) is 29.9 Å². The van der Waals surface area contributed by atoms with E-state index in [1.54, 1.807) is 12.4 Å². The summed E-state index contributed by atoms with van der Waals surface area (Å²) in [7, 11) is 0. The largest absolute Gasteiger partial charge is 0.337 e. The van der Waals surface area contributed by atoms with Crippen LogP contribution in [0.1, 0.15) is 13.3 Å². The van der Waals surface area contributed by atoms with Crippen LogP contribution in [0.25, 0.3) is 66.9 Å². The molecule has 1 atom stereocenters. The van der Waals surface area contributed by atoms with Gasteiger partial charge in [0, 0.05) is 43.8 Å². The average Bonchev–Trinajstić information content (AvgIpc) is 3.78. The van der Waals surface area contributed by atoms with E-state index in [4.69, 9.17) is 9.05 Å². The van der Waals surface area contributed by atoms with Gasteiger partial charge in [0.05, 0.1) is 34.5 Å². The quantitative estimate of drug-likeness (QED) is 0.247. The fourth-order valence-electron chi connectivity index (χ4n) is 5.77. The highest BCUT2D eigenvalue weighted by Crippen LogP contribution is 2.43. The molecular weight excluding hydrogens is 488 g/mol. The van der Waals surface area contributed by atoms with Gasteiger partial charge in [0.1, 0.15) is 0 Å². The van der Waals surface area contributed by atoms with Crippen molar-refractivity contribution >= 4 is 38.5 Å². The van der Waals surface area contributed by atoms with Crippen LogP contribution in [0.15, 0.2) is 106 Å². The Morgan fingerprint density at radius 1 is 0.744 bits per heavy atom. The molecule has 1 aliphatic carbocycles. The summed E-state index contributed by atoms with van der Waals surface area (Å²) in [6.07, 6.45) is 11.2. The van der Waals surface area contributed by atoms with Crippen LogP contribution in [0.4, 0.5) is 0 Å². The fraction of sp³-hybridized carbons (Fsp3) is 0.0968. The maximum Gasteiger partial charge on any atom is 0.187 e. The van der Waals surface area contributed by atoms with Gasteiger partial charge in [-0.25, -0.2) is 0 Å². The summed E-state index contributed by atoms with van der Waals surface area (Å²) in [5, 5.41) is 17.4. The Labute approximate surface area is 222 Å². The molecule has 1 aliphatic rings. The van der Waals surface area contributed by atoms with Crippen LogP contribution in [0, 0.1) is 5.92 Å². The predicted molar refractivity (Wildman–Crippen MR) is 150 cm³/mol. The van der Waals surface area contributed by atoms with Crippen molar-refractivity contribution in [2.45, 2.75) is 13.3 Å². The Morgan fingerprint density at radius 3 is 1.95 bits per heavy atom. The van der Waals surface area contributed by atoms with Gasteiger partial charge < -0.3 is 18.2 Å². The zero-order chi connectivity index (χ0) is 25.9. The normalized spacial score (nSPS) is 15.5. The first kappa shape index (κ1) is 21.8. The first-order valence-electron chi connectivity index (χ1n) is 12.9. The molecule has 3 aromatic carbocycles. The van der Waals surface area contributed by atoms with E-state index in [1.807, 2.05) is 6.07 Å². The number of rotatable bonds is 4. The lowest BCUT2D eigenvalue weighted by atomic mass is 10.0. The van der Waals surface area contributed by atoms with Crippen molar-refractivity contribution in [1.29, 1.82) is 0 Å². The molecule has 4 aromatic heterocycles. The summed E-state index contributed by atoms with van der Waals surface area (Å²) in [5.41, 5.74) is 8.52. The van der Waals surface area contributed by atoms with Crippen molar-refractivity contribution < 1.29 is 9.05 Å². The van der Waals surface area contributed by atoms with E-state index in [0.717, 1.165) is 61.8 Å². The molecule has 7 aromatic rings. The number of hydrogen-bond donors (Lipinski definition) is 0. The summed E-state index contributed by atoms with van der Waals surface area (Å²) in [6, 6.07) is 23.2. The summed E-state index contributed by atoms with van der Waals surface area (Å²) >= 11 is 0. The molecule has 0 amide bonds. The number of nitrogens with zero attached hydrogens (tertiary/aromatic N) is 6. The Bertz CT molecular complexity index is 2000. The van der Waals surface area contributed by atoms with E-state index in [0.29, 0.717) is 17.4 Å². The van der Waals surface area contributed by atoms with Crippen LogP contribution >= 0.6 is 0 Å². The molecule has 0 radical (unpaired) electrons. The molecule has 8 rings (SSSR count). The Hall–Kier alpha value is -5.24. The van der Waals surface area contributed by atoms with Crippen LogP contribution < -0.4 is 0 Å². The molecule has 0 saturated carbocycles. The standard InChI is InChI=1S/C31H22N6O2/c1-19-6-5-9-23(14-19)37-27-13-11-21(29-18-33-35-39-29)16-25(27)30-31(37)24-15-20(28-17-32-34-38-28)10-12-26(24)36(30)22-7-3-2-4-8-22/h2-5,7-19H,6H2,1H3. The molecule has 0 N–H and O–H groups in total. The zero-order valence-corrected chi connectivity index (χ0v) is 21.0. The van der Waals surface area contributed by atoms with Crippen LogP contribution in [-0.2, 0) is 0 Å². The lowest BCUT2D eigenvalue weighted by molar-refractivity contribution is 0.403. The summed E-state index contributed by atoms with van der Waals surface area (Å²) < 4.78 is 15.6. The highest BCUT2D eigenvalue weighted by molar-refractivity contribution is 6.21. The molecule has 4 heterocycles. The van der Waals surface area contributed by atoms with Crippen molar-refractivity contribution in [1.82, 2.24) is 29.9 Å². The highest BCUT2D eigenvalue weighted by Gasteiger charge is 2.24. The van der Waals surface area contributed by atoms with Crippen LogP contribution in [0.5, 0.6) is 0 Å². The molecule has 188 valence electrons. The number of allylic oxidation sites excluding steroid dienone is 4. The van der Waals surface area contributed by atoms with Gasteiger partial charge in [-0.15, -0.1) is 10.2 Å². The summed E-state index contributed by atoms with van der Waals surface area (Å²) in [5.74, 6) is 1.70.